The molecule has 0 amide bonds. The molecule has 0 bridgehead atoms. The van der Waals surface area contributed by atoms with Gasteiger partial charge in [0.05, 0.1) is 25.6 Å². The molecule has 0 aliphatic carbocycles. The van der Waals surface area contributed by atoms with Crippen LogP contribution >= 0.6 is 11.3 Å². The fraction of sp³-hybridized carbons (Fsp3) is 0.238. The third-order valence-corrected chi connectivity index (χ3v) is 5.20. The van der Waals surface area contributed by atoms with Crippen LogP contribution in [0.4, 0.5) is 4.39 Å². The minimum atomic E-state index is -0.270. The molecule has 28 heavy (non-hydrogen) atoms. The summed E-state index contributed by atoms with van der Waals surface area (Å²) in [5.74, 6) is 1.17. The van der Waals surface area contributed by atoms with Crippen molar-refractivity contribution in [3.05, 3.63) is 64.0 Å². The van der Waals surface area contributed by atoms with Crippen molar-refractivity contribution in [1.82, 2.24) is 4.68 Å². The first kappa shape index (κ1) is 19.8. The molecular weight excluding hydrogens is 377 g/mol. The molecule has 1 aromatic heterocycles. The second kappa shape index (κ2) is 8.84. The van der Waals surface area contributed by atoms with E-state index in [1.807, 2.05) is 30.5 Å². The third-order valence-electron chi connectivity index (χ3n) is 4.29. The molecule has 2 aromatic carbocycles. The Hall–Kier alpha value is -2.93. The number of benzene rings is 2. The molecule has 0 aliphatic rings. The summed E-state index contributed by atoms with van der Waals surface area (Å²) in [4.78, 5) is 5.10. The van der Waals surface area contributed by atoms with E-state index in [9.17, 15) is 4.39 Å². The summed E-state index contributed by atoms with van der Waals surface area (Å²) >= 11 is 1.49. The molecule has 146 valence electrons. The topological polar surface area (TPSA) is 48.1 Å². The highest BCUT2D eigenvalue weighted by molar-refractivity contribution is 7.07. The average Bonchev–Trinajstić information content (AvgIpc) is 3.14. The molecule has 0 fully saturated rings. The Kier molecular flexibility index (Phi) is 6.26. The SMILES string of the molecule is CCC(=Nn1c(-c2cc(OC)ccc2OC)csc1=NC)c1ccc(F)cc1. The second-order valence-electron chi connectivity index (χ2n) is 5.91. The van der Waals surface area contributed by atoms with Gasteiger partial charge in [-0.3, -0.25) is 4.99 Å². The summed E-state index contributed by atoms with van der Waals surface area (Å²) in [6.45, 7) is 2.02. The summed E-state index contributed by atoms with van der Waals surface area (Å²) in [7, 11) is 4.99. The van der Waals surface area contributed by atoms with E-state index in [-0.39, 0.29) is 5.82 Å². The van der Waals surface area contributed by atoms with E-state index in [0.717, 1.165) is 33.1 Å². The lowest BCUT2D eigenvalue weighted by Crippen LogP contribution is -2.15. The van der Waals surface area contributed by atoms with E-state index >= 15 is 0 Å². The van der Waals surface area contributed by atoms with Gasteiger partial charge < -0.3 is 9.47 Å². The van der Waals surface area contributed by atoms with Gasteiger partial charge in [0.2, 0.25) is 4.80 Å². The number of aromatic nitrogens is 1. The number of hydrogen-bond acceptors (Lipinski definition) is 5. The Labute approximate surface area is 167 Å². The molecule has 0 unspecified atom stereocenters. The van der Waals surface area contributed by atoms with E-state index in [4.69, 9.17) is 14.6 Å². The molecule has 0 aliphatic heterocycles. The van der Waals surface area contributed by atoms with Gasteiger partial charge in [0.1, 0.15) is 17.3 Å². The number of nitrogens with zero attached hydrogens (tertiary/aromatic N) is 3. The highest BCUT2D eigenvalue weighted by atomic mass is 32.1. The average molecular weight is 399 g/mol. The first-order valence-electron chi connectivity index (χ1n) is 8.80. The van der Waals surface area contributed by atoms with Crippen molar-refractivity contribution in [3.8, 4) is 22.8 Å². The van der Waals surface area contributed by atoms with Crippen LogP contribution in [0.5, 0.6) is 11.5 Å². The van der Waals surface area contributed by atoms with Crippen molar-refractivity contribution in [2.45, 2.75) is 13.3 Å². The van der Waals surface area contributed by atoms with Crippen molar-refractivity contribution >= 4 is 17.0 Å². The first-order valence-corrected chi connectivity index (χ1v) is 9.68. The van der Waals surface area contributed by atoms with E-state index in [2.05, 4.69) is 4.99 Å². The van der Waals surface area contributed by atoms with Gasteiger partial charge in [-0.1, -0.05) is 19.1 Å². The highest BCUT2D eigenvalue weighted by Gasteiger charge is 2.15. The van der Waals surface area contributed by atoms with Gasteiger partial charge >= 0.3 is 0 Å². The molecule has 5 nitrogen and oxygen atoms in total. The largest absolute Gasteiger partial charge is 0.497 e. The maximum atomic E-state index is 13.3. The lowest BCUT2D eigenvalue weighted by molar-refractivity contribution is 0.404. The molecule has 0 radical (unpaired) electrons. The quantitative estimate of drug-likeness (QED) is 0.570. The summed E-state index contributed by atoms with van der Waals surface area (Å²) in [6.07, 6.45) is 0.687. The van der Waals surface area contributed by atoms with Gasteiger partial charge in [-0.2, -0.15) is 5.10 Å². The molecule has 3 rings (SSSR count). The predicted octanol–water partition coefficient (Wildman–Crippen LogP) is 4.57. The van der Waals surface area contributed by atoms with Gasteiger partial charge in [-0.25, -0.2) is 9.07 Å². The van der Waals surface area contributed by atoms with Gasteiger partial charge in [0.15, 0.2) is 0 Å². The fourth-order valence-corrected chi connectivity index (χ4v) is 3.63. The van der Waals surface area contributed by atoms with Crippen molar-refractivity contribution in [2.75, 3.05) is 21.3 Å². The second-order valence-corrected chi connectivity index (χ2v) is 6.75. The monoisotopic (exact) mass is 399 g/mol. The highest BCUT2D eigenvalue weighted by Crippen LogP contribution is 2.33. The molecule has 0 spiro atoms. The Morgan fingerprint density at radius 3 is 2.46 bits per heavy atom. The maximum absolute atomic E-state index is 13.3. The van der Waals surface area contributed by atoms with Crippen LogP contribution in [0, 0.1) is 5.82 Å². The van der Waals surface area contributed by atoms with Crippen molar-refractivity contribution in [1.29, 1.82) is 0 Å². The van der Waals surface area contributed by atoms with Gasteiger partial charge in [-0.05, 0) is 42.3 Å². The van der Waals surface area contributed by atoms with Gasteiger partial charge in [0.25, 0.3) is 0 Å². The number of rotatable bonds is 6. The van der Waals surface area contributed by atoms with E-state index in [1.54, 1.807) is 38.1 Å². The number of thiazole rings is 1. The van der Waals surface area contributed by atoms with E-state index < -0.39 is 0 Å². The van der Waals surface area contributed by atoms with Crippen LogP contribution in [-0.2, 0) is 0 Å². The van der Waals surface area contributed by atoms with Crippen molar-refractivity contribution < 1.29 is 13.9 Å². The Balaban J connectivity index is 2.20. The molecule has 0 saturated heterocycles. The summed E-state index contributed by atoms with van der Waals surface area (Å²) in [5.41, 5.74) is 3.39. The smallest absolute Gasteiger partial charge is 0.205 e. The maximum Gasteiger partial charge on any atom is 0.205 e. The molecular formula is C21H22FN3O2S. The van der Waals surface area contributed by atoms with Crippen LogP contribution in [0.2, 0.25) is 0 Å². The predicted molar refractivity (Wildman–Crippen MR) is 111 cm³/mol. The van der Waals surface area contributed by atoms with E-state index in [0.29, 0.717) is 12.2 Å². The Morgan fingerprint density at radius 2 is 1.86 bits per heavy atom. The Morgan fingerprint density at radius 1 is 1.11 bits per heavy atom. The van der Waals surface area contributed by atoms with Crippen molar-refractivity contribution in [2.24, 2.45) is 10.1 Å². The molecule has 1 heterocycles. The molecule has 3 aromatic rings. The van der Waals surface area contributed by atoms with Gasteiger partial charge in [0, 0.05) is 18.0 Å². The minimum Gasteiger partial charge on any atom is -0.497 e. The first-order chi connectivity index (χ1) is 13.6. The summed E-state index contributed by atoms with van der Waals surface area (Å²) in [6, 6.07) is 12.0. The fourth-order valence-electron chi connectivity index (χ4n) is 2.84. The van der Waals surface area contributed by atoms with E-state index in [1.165, 1.54) is 23.5 Å². The molecule has 7 heteroatoms. The standard InChI is InChI=1S/C21H22FN3O2S/c1-5-18(14-6-8-15(22)9-7-14)24-25-19(13-28-21(25)23-2)17-12-16(26-3)10-11-20(17)27-4/h6-13H,5H2,1-4H3. The normalized spacial score (nSPS) is 12.3. The van der Waals surface area contributed by atoms with Crippen LogP contribution < -0.4 is 14.3 Å². The zero-order chi connectivity index (χ0) is 20.1. The lowest BCUT2D eigenvalue weighted by Gasteiger charge is -2.12. The molecule has 0 atom stereocenters. The molecule has 0 saturated carbocycles. The third kappa shape index (κ3) is 3.99. The Bertz CT molecular complexity index is 1050. The van der Waals surface area contributed by atoms with Crippen LogP contribution in [0.15, 0.2) is 57.9 Å². The molecule has 0 N–H and O–H groups in total. The van der Waals surface area contributed by atoms with Crippen molar-refractivity contribution in [3.63, 3.8) is 0 Å². The lowest BCUT2D eigenvalue weighted by atomic mass is 10.1. The number of hydrogen-bond donors (Lipinski definition) is 0. The van der Waals surface area contributed by atoms with Crippen LogP contribution in [0.25, 0.3) is 11.3 Å². The zero-order valence-corrected chi connectivity index (χ0v) is 17.1. The van der Waals surface area contributed by atoms with Crippen LogP contribution in [0.1, 0.15) is 18.9 Å². The minimum absolute atomic E-state index is 0.270. The number of methoxy groups -OCH3 is 2. The number of ether oxygens (including phenoxy) is 2. The summed E-state index contributed by atoms with van der Waals surface area (Å²) in [5, 5.41) is 6.83. The summed E-state index contributed by atoms with van der Waals surface area (Å²) < 4.78 is 26.0. The van der Waals surface area contributed by atoms with Crippen LogP contribution in [-0.4, -0.2) is 31.7 Å². The van der Waals surface area contributed by atoms with Gasteiger partial charge in [-0.15, -0.1) is 11.3 Å². The van der Waals surface area contributed by atoms with Crippen LogP contribution in [0.3, 0.4) is 0 Å². The zero-order valence-electron chi connectivity index (χ0n) is 16.3. The number of halogens is 1.